The highest BCUT2D eigenvalue weighted by Gasteiger charge is 1.80. The molecule has 2 aromatic rings. The molecule has 0 radical (unpaired) electrons. The monoisotopic (exact) mass is 290 g/mol. The summed E-state index contributed by atoms with van der Waals surface area (Å²) in [4.78, 5) is 0. The molecule has 0 N–H and O–H groups in total. The molecular formula is C19H30O2. The third kappa shape index (κ3) is 14.3. The highest BCUT2D eigenvalue weighted by Crippen LogP contribution is 2.06. The highest BCUT2D eigenvalue weighted by atomic mass is 16.5. The van der Waals surface area contributed by atoms with E-state index in [1.165, 1.54) is 6.42 Å². The minimum Gasteiger partial charge on any atom is -0.497 e. The third-order valence-electron chi connectivity index (χ3n) is 1.96. The normalized spacial score (nSPS) is 7.71. The summed E-state index contributed by atoms with van der Waals surface area (Å²) < 4.78 is 9.83. The largest absolute Gasteiger partial charge is 0.497 e. The van der Waals surface area contributed by atoms with Crippen LogP contribution in [0.15, 0.2) is 60.7 Å². The Morgan fingerprint density at radius 1 is 0.619 bits per heavy atom. The lowest BCUT2D eigenvalue weighted by Crippen LogP contribution is -1.78. The predicted octanol–water partition coefficient (Wildman–Crippen LogP) is 5.83. The summed E-state index contributed by atoms with van der Waals surface area (Å²) in [7, 11) is 3.32. The van der Waals surface area contributed by atoms with Crippen molar-refractivity contribution in [2.45, 2.75) is 34.1 Å². The number of hydrogen-bond acceptors (Lipinski definition) is 2. The van der Waals surface area contributed by atoms with Gasteiger partial charge in [0.15, 0.2) is 0 Å². The Morgan fingerprint density at radius 3 is 1.00 bits per heavy atom. The molecule has 0 atom stereocenters. The van der Waals surface area contributed by atoms with Gasteiger partial charge in [-0.3, -0.25) is 0 Å². The molecule has 2 heteroatoms. The lowest BCUT2D eigenvalue weighted by molar-refractivity contribution is 0.414. The number of para-hydroxylation sites is 2. The summed E-state index contributed by atoms with van der Waals surface area (Å²) in [6, 6.07) is 19.4. The Labute approximate surface area is 130 Å². The van der Waals surface area contributed by atoms with Crippen LogP contribution in [0, 0.1) is 0 Å². The molecule has 2 rings (SSSR count). The minimum absolute atomic E-state index is 0.910. The van der Waals surface area contributed by atoms with Gasteiger partial charge in [0, 0.05) is 0 Å². The van der Waals surface area contributed by atoms with E-state index in [0.717, 1.165) is 11.5 Å². The predicted molar refractivity (Wildman–Crippen MR) is 93.3 cm³/mol. The van der Waals surface area contributed by atoms with Gasteiger partial charge in [-0.15, -0.1) is 0 Å². The van der Waals surface area contributed by atoms with Crippen LogP contribution in [0.5, 0.6) is 11.5 Å². The van der Waals surface area contributed by atoms with Gasteiger partial charge >= 0.3 is 0 Å². The number of hydrogen-bond donors (Lipinski definition) is 0. The van der Waals surface area contributed by atoms with Gasteiger partial charge in [0.05, 0.1) is 14.2 Å². The standard InChI is InChI=1S/2C7H8O.C3H8.C2H6/c2*1-8-7-5-3-2-4-6-7;1-3-2;1-2/h2*2-6H,1H3;3H2,1-2H3;1-2H3. The summed E-state index contributed by atoms with van der Waals surface area (Å²) >= 11 is 0. The van der Waals surface area contributed by atoms with E-state index in [4.69, 9.17) is 9.47 Å². The molecule has 0 saturated heterocycles. The van der Waals surface area contributed by atoms with Crippen molar-refractivity contribution in [1.29, 1.82) is 0 Å². The smallest absolute Gasteiger partial charge is 0.118 e. The zero-order chi connectivity index (χ0) is 16.3. The van der Waals surface area contributed by atoms with Gasteiger partial charge in [0.2, 0.25) is 0 Å². The fourth-order valence-corrected chi connectivity index (χ4v) is 1.11. The molecule has 0 heterocycles. The highest BCUT2D eigenvalue weighted by molar-refractivity contribution is 5.21. The van der Waals surface area contributed by atoms with E-state index in [2.05, 4.69) is 13.8 Å². The third-order valence-corrected chi connectivity index (χ3v) is 1.96. The molecule has 2 nitrogen and oxygen atoms in total. The molecule has 0 unspecified atom stereocenters. The van der Waals surface area contributed by atoms with Crippen LogP contribution in [0.4, 0.5) is 0 Å². The van der Waals surface area contributed by atoms with E-state index in [0.29, 0.717) is 0 Å². The first-order valence-corrected chi connectivity index (χ1v) is 7.46. The fourth-order valence-electron chi connectivity index (χ4n) is 1.11. The molecule has 0 bridgehead atoms. The molecular weight excluding hydrogens is 260 g/mol. The van der Waals surface area contributed by atoms with E-state index < -0.39 is 0 Å². The Morgan fingerprint density at radius 2 is 0.857 bits per heavy atom. The van der Waals surface area contributed by atoms with Crippen LogP contribution in [0.1, 0.15) is 34.1 Å². The van der Waals surface area contributed by atoms with Crippen molar-refractivity contribution in [3.63, 3.8) is 0 Å². The van der Waals surface area contributed by atoms with Gasteiger partial charge in [0.1, 0.15) is 11.5 Å². The maximum atomic E-state index is 4.91. The van der Waals surface area contributed by atoms with Crippen molar-refractivity contribution in [2.24, 2.45) is 0 Å². The molecule has 0 spiro atoms. The van der Waals surface area contributed by atoms with Crippen LogP contribution in [-0.2, 0) is 0 Å². The van der Waals surface area contributed by atoms with E-state index in [1.54, 1.807) is 14.2 Å². The van der Waals surface area contributed by atoms with Crippen molar-refractivity contribution >= 4 is 0 Å². The van der Waals surface area contributed by atoms with E-state index >= 15 is 0 Å². The first-order chi connectivity index (χ1) is 10.3. The summed E-state index contributed by atoms with van der Waals surface area (Å²) in [6.45, 7) is 8.25. The second kappa shape index (κ2) is 18.0. The van der Waals surface area contributed by atoms with Crippen LogP contribution in [0.25, 0.3) is 0 Å². The molecule has 0 fully saturated rings. The Kier molecular flexibility index (Phi) is 18.3. The average Bonchev–Trinajstić information content (AvgIpc) is 2.59. The van der Waals surface area contributed by atoms with Gasteiger partial charge in [0.25, 0.3) is 0 Å². The second-order valence-corrected chi connectivity index (χ2v) is 3.74. The first kappa shape index (κ1) is 21.3. The number of methoxy groups -OCH3 is 2. The van der Waals surface area contributed by atoms with Gasteiger partial charge in [-0.2, -0.15) is 0 Å². The maximum Gasteiger partial charge on any atom is 0.118 e. The second-order valence-electron chi connectivity index (χ2n) is 3.74. The van der Waals surface area contributed by atoms with Crippen LogP contribution in [-0.4, -0.2) is 14.2 Å². The number of ether oxygens (including phenoxy) is 2. The van der Waals surface area contributed by atoms with Gasteiger partial charge < -0.3 is 9.47 Å². The van der Waals surface area contributed by atoms with E-state index in [1.807, 2.05) is 74.5 Å². The minimum atomic E-state index is 0.910. The zero-order valence-electron chi connectivity index (χ0n) is 14.3. The van der Waals surface area contributed by atoms with Crippen molar-refractivity contribution < 1.29 is 9.47 Å². The quantitative estimate of drug-likeness (QED) is 0.692. The lowest BCUT2D eigenvalue weighted by atomic mass is 10.3. The molecule has 118 valence electrons. The maximum absolute atomic E-state index is 4.91. The topological polar surface area (TPSA) is 18.5 Å². The Balaban J connectivity index is 0. The molecule has 2 aromatic carbocycles. The van der Waals surface area contributed by atoms with Crippen LogP contribution < -0.4 is 9.47 Å². The average molecular weight is 290 g/mol. The Bertz CT molecular complexity index is 345. The summed E-state index contributed by atoms with van der Waals surface area (Å²) in [6.07, 6.45) is 1.25. The van der Waals surface area contributed by atoms with Crippen LogP contribution >= 0.6 is 0 Å². The molecule has 0 aliphatic carbocycles. The van der Waals surface area contributed by atoms with E-state index in [9.17, 15) is 0 Å². The summed E-state index contributed by atoms with van der Waals surface area (Å²) in [5, 5.41) is 0. The van der Waals surface area contributed by atoms with E-state index in [-0.39, 0.29) is 0 Å². The molecule has 0 aromatic heterocycles. The molecule has 21 heavy (non-hydrogen) atoms. The van der Waals surface area contributed by atoms with Gasteiger partial charge in [-0.25, -0.2) is 0 Å². The zero-order valence-corrected chi connectivity index (χ0v) is 14.3. The van der Waals surface area contributed by atoms with Crippen LogP contribution in [0.2, 0.25) is 0 Å². The fraction of sp³-hybridized carbons (Fsp3) is 0.368. The Hall–Kier alpha value is -1.96. The van der Waals surface area contributed by atoms with Crippen molar-refractivity contribution in [3.05, 3.63) is 60.7 Å². The number of rotatable bonds is 2. The molecule has 0 saturated carbocycles. The van der Waals surface area contributed by atoms with Crippen molar-refractivity contribution in [1.82, 2.24) is 0 Å². The lowest BCUT2D eigenvalue weighted by Gasteiger charge is -1.93. The summed E-state index contributed by atoms with van der Waals surface area (Å²) in [5.74, 6) is 1.82. The summed E-state index contributed by atoms with van der Waals surface area (Å²) in [5.41, 5.74) is 0. The van der Waals surface area contributed by atoms with Crippen LogP contribution in [0.3, 0.4) is 0 Å². The number of benzene rings is 2. The molecule has 0 amide bonds. The first-order valence-electron chi connectivity index (χ1n) is 7.46. The molecule has 0 aliphatic rings. The van der Waals surface area contributed by atoms with Crippen molar-refractivity contribution in [2.75, 3.05) is 14.2 Å². The van der Waals surface area contributed by atoms with Crippen molar-refractivity contribution in [3.8, 4) is 11.5 Å². The molecule has 0 aliphatic heterocycles. The SMILES string of the molecule is CC.CCC.COc1ccccc1.COc1ccccc1. The van der Waals surface area contributed by atoms with Gasteiger partial charge in [-0.1, -0.05) is 70.5 Å². The van der Waals surface area contributed by atoms with Gasteiger partial charge in [-0.05, 0) is 24.3 Å².